The van der Waals surface area contributed by atoms with Crippen molar-refractivity contribution in [3.05, 3.63) is 30.3 Å². The molecule has 0 saturated carbocycles. The molecule has 0 aromatic heterocycles. The number of unbranched alkanes of at least 4 members (excludes halogenated alkanes) is 1. The van der Waals surface area contributed by atoms with E-state index in [0.717, 1.165) is 12.8 Å². The first-order chi connectivity index (χ1) is 9.56. The average Bonchev–Trinajstić information content (AvgIpc) is 2.36. The van der Waals surface area contributed by atoms with E-state index in [4.69, 9.17) is 16.3 Å². The Hall–Kier alpha value is -0.620. The van der Waals surface area contributed by atoms with Gasteiger partial charge in [-0.2, -0.15) is 0 Å². The number of ether oxygens (including phenoxy) is 1. The van der Waals surface area contributed by atoms with Crippen molar-refractivity contribution in [2.75, 3.05) is 5.75 Å². The van der Waals surface area contributed by atoms with Crippen LogP contribution in [0.2, 0.25) is 0 Å². The predicted octanol–water partition coefficient (Wildman–Crippen LogP) is 4.37. The van der Waals surface area contributed by atoms with Gasteiger partial charge < -0.3 is 13.8 Å². The van der Waals surface area contributed by atoms with Crippen LogP contribution in [0.3, 0.4) is 0 Å². The summed E-state index contributed by atoms with van der Waals surface area (Å²) in [5.74, 6) is -0.00586. The molecule has 0 radical (unpaired) electrons. The Morgan fingerprint density at radius 3 is 2.33 bits per heavy atom. The van der Waals surface area contributed by atoms with Gasteiger partial charge in [0.1, 0.15) is 11.5 Å². The van der Waals surface area contributed by atoms with Gasteiger partial charge in [0.15, 0.2) is 5.06 Å². The van der Waals surface area contributed by atoms with Gasteiger partial charge in [-0.3, -0.25) is 0 Å². The van der Waals surface area contributed by atoms with Crippen LogP contribution in [0.25, 0.3) is 0 Å². The second kappa shape index (κ2) is 6.65. The Morgan fingerprint density at radius 1 is 1.29 bits per heavy atom. The van der Waals surface area contributed by atoms with E-state index in [1.54, 1.807) is 24.3 Å². The smallest absolute Gasteiger partial charge is 0.196 e. The van der Waals surface area contributed by atoms with Crippen LogP contribution in [0.5, 0.6) is 5.75 Å². The van der Waals surface area contributed by atoms with Gasteiger partial charge in [-0.1, -0.05) is 43.1 Å². The fraction of sp³-hybridized carbons (Fsp3) is 0.600. The minimum Gasteiger partial charge on any atom is -0.471 e. The maximum absolute atomic E-state index is 12.4. The summed E-state index contributed by atoms with van der Waals surface area (Å²) < 4.78 is 38.4. The van der Waals surface area contributed by atoms with Gasteiger partial charge in [0, 0.05) is 6.42 Å². The number of hydrogen-bond acceptors (Lipinski definition) is 2. The zero-order chi connectivity index (χ0) is 16.2. The summed E-state index contributed by atoms with van der Waals surface area (Å²) >= 11 is 6.46. The van der Waals surface area contributed by atoms with Crippen molar-refractivity contribution >= 4 is 21.2 Å². The molecule has 0 spiro atoms. The summed E-state index contributed by atoms with van der Waals surface area (Å²) in [6.45, 7) is 4.98. The van der Waals surface area contributed by atoms with Crippen molar-refractivity contribution in [3.8, 4) is 5.75 Å². The lowest BCUT2D eigenvalue weighted by atomic mass is 10.2. The first kappa shape index (κ1) is 18.4. The zero-order valence-corrected chi connectivity index (χ0v) is 14.4. The molecule has 1 aromatic rings. The average molecular weight is 337 g/mol. The Kier molecular flexibility index (Phi) is 5.83. The van der Waals surface area contributed by atoms with Gasteiger partial charge in [0.25, 0.3) is 0 Å². The molecule has 0 saturated heterocycles. The van der Waals surface area contributed by atoms with Crippen molar-refractivity contribution in [3.63, 3.8) is 0 Å². The number of halogens is 1. The normalized spacial score (nSPS) is 17.0. The van der Waals surface area contributed by atoms with Crippen LogP contribution in [0.1, 0.15) is 40.0 Å². The van der Waals surface area contributed by atoms with Gasteiger partial charge in [0.2, 0.25) is 0 Å². The van der Waals surface area contributed by atoms with Gasteiger partial charge in [-0.25, -0.2) is 4.21 Å². The fourth-order valence-corrected chi connectivity index (χ4v) is 4.05. The fourth-order valence-electron chi connectivity index (χ4n) is 1.87. The minimum atomic E-state index is -4.84. The molecule has 0 aliphatic rings. The summed E-state index contributed by atoms with van der Waals surface area (Å²) in [5, 5.41) is -2.23. The molecule has 0 fully saturated rings. The van der Waals surface area contributed by atoms with Crippen LogP contribution in [-0.4, -0.2) is 29.4 Å². The van der Waals surface area contributed by atoms with Crippen molar-refractivity contribution in [1.29, 1.82) is 0 Å². The van der Waals surface area contributed by atoms with Crippen LogP contribution in [0, 0.1) is 0 Å². The summed E-state index contributed by atoms with van der Waals surface area (Å²) in [6, 6.07) is 8.88. The second-order valence-corrected chi connectivity index (χ2v) is 9.76. The maximum atomic E-state index is 12.4. The van der Waals surface area contributed by atoms with Crippen LogP contribution in [-0.2, 0) is 9.63 Å². The topological polar surface area (TPSA) is 66.8 Å². The number of rotatable bonds is 8. The van der Waals surface area contributed by atoms with E-state index in [1.807, 2.05) is 13.0 Å². The minimum absolute atomic E-state index is 0.377. The maximum Gasteiger partial charge on any atom is 0.196 e. The number of para-hydroxylation sites is 1. The molecule has 1 unspecified atom stereocenters. The SMILES string of the molecule is CCCCC(Cl)(CS(=O)(O)(O)C(C)C)Oc1ccccc1. The molecule has 122 valence electrons. The Labute approximate surface area is 131 Å². The Balaban J connectivity index is 3.01. The molecule has 0 bridgehead atoms. The molecule has 1 aromatic carbocycles. The van der Waals surface area contributed by atoms with E-state index in [0.29, 0.717) is 12.2 Å². The highest BCUT2D eigenvalue weighted by Gasteiger charge is 2.45. The summed E-state index contributed by atoms with van der Waals surface area (Å²) in [5.41, 5.74) is 0. The molecule has 4 nitrogen and oxygen atoms in total. The van der Waals surface area contributed by atoms with Crippen molar-refractivity contribution in [1.82, 2.24) is 0 Å². The van der Waals surface area contributed by atoms with Gasteiger partial charge >= 0.3 is 0 Å². The van der Waals surface area contributed by atoms with E-state index in [2.05, 4.69) is 0 Å². The molecule has 0 heterocycles. The number of benzene rings is 1. The lowest BCUT2D eigenvalue weighted by Crippen LogP contribution is -2.53. The monoisotopic (exact) mass is 336 g/mol. The first-order valence-electron chi connectivity index (χ1n) is 7.13. The third-order valence-electron chi connectivity index (χ3n) is 3.38. The molecule has 0 amide bonds. The number of hydrogen-bond donors (Lipinski definition) is 2. The molecular formula is C15H25ClO4S. The Bertz CT molecular complexity index is 512. The third-order valence-corrected chi connectivity index (χ3v) is 6.84. The quantitative estimate of drug-likeness (QED) is 0.692. The molecule has 2 N–H and O–H groups in total. The third kappa shape index (κ3) is 5.58. The molecular weight excluding hydrogens is 312 g/mol. The van der Waals surface area contributed by atoms with E-state index in [1.165, 1.54) is 13.8 Å². The largest absolute Gasteiger partial charge is 0.471 e. The number of alkyl halides is 1. The lowest BCUT2D eigenvalue weighted by Gasteiger charge is -2.41. The highest BCUT2D eigenvalue weighted by Crippen LogP contribution is 2.36. The highest BCUT2D eigenvalue weighted by molar-refractivity contribution is 8.10. The summed E-state index contributed by atoms with van der Waals surface area (Å²) in [4.78, 5) is 0. The highest BCUT2D eigenvalue weighted by atomic mass is 35.5. The van der Waals surface area contributed by atoms with E-state index in [9.17, 15) is 13.3 Å². The molecule has 1 atom stereocenters. The van der Waals surface area contributed by atoms with Crippen molar-refractivity contribution in [2.45, 2.75) is 50.3 Å². The zero-order valence-electron chi connectivity index (χ0n) is 12.8. The van der Waals surface area contributed by atoms with E-state index in [-0.39, 0.29) is 0 Å². The molecule has 1 rings (SSSR count). The van der Waals surface area contributed by atoms with Crippen LogP contribution in [0.4, 0.5) is 0 Å². The first-order valence-corrected chi connectivity index (χ1v) is 9.62. The molecule has 6 heteroatoms. The van der Waals surface area contributed by atoms with Gasteiger partial charge in [0.05, 0.1) is 14.9 Å². The lowest BCUT2D eigenvalue weighted by molar-refractivity contribution is 0.159. The molecule has 0 aliphatic heterocycles. The molecule has 21 heavy (non-hydrogen) atoms. The standard InChI is InChI=1S/C15H25ClO4S/c1-4-5-11-15(16,12-21(17,18,19)13(2)3)20-14-9-7-6-8-10-14/h6-10,13H,4-5,11-12H2,1-3H3,(H2,17,18,19). The summed E-state index contributed by atoms with van der Waals surface area (Å²) in [6.07, 6.45) is 1.98. The van der Waals surface area contributed by atoms with Crippen molar-refractivity contribution < 1.29 is 18.1 Å². The molecule has 0 aliphatic carbocycles. The predicted molar refractivity (Wildman–Crippen MR) is 88.6 cm³/mol. The van der Waals surface area contributed by atoms with Gasteiger partial charge in [-0.05, 0) is 32.4 Å². The van der Waals surface area contributed by atoms with E-state index >= 15 is 0 Å². The van der Waals surface area contributed by atoms with Crippen molar-refractivity contribution in [2.24, 2.45) is 0 Å². The second-order valence-electron chi connectivity index (χ2n) is 5.68. The van der Waals surface area contributed by atoms with E-state index < -0.39 is 25.7 Å². The summed E-state index contributed by atoms with van der Waals surface area (Å²) in [7, 11) is -4.84. The van der Waals surface area contributed by atoms with Crippen LogP contribution in [0.15, 0.2) is 30.3 Å². The van der Waals surface area contributed by atoms with Crippen LogP contribution < -0.4 is 4.74 Å². The Morgan fingerprint density at radius 2 is 1.86 bits per heavy atom. The van der Waals surface area contributed by atoms with Gasteiger partial charge in [-0.15, -0.1) is 0 Å². The van der Waals surface area contributed by atoms with Crippen LogP contribution >= 0.6 is 11.6 Å².